The van der Waals surface area contributed by atoms with Crippen molar-refractivity contribution in [2.75, 3.05) is 17.6 Å². The maximum Gasteiger partial charge on any atom is 0.110 e. The number of nitrogens with one attached hydrogen (secondary N) is 1. The third kappa shape index (κ3) is 3.90. The minimum atomic E-state index is 0.751. The third-order valence-corrected chi connectivity index (χ3v) is 4.49. The van der Waals surface area contributed by atoms with E-state index in [1.165, 1.54) is 0 Å². The first-order valence-electron chi connectivity index (χ1n) is 5.49. The highest BCUT2D eigenvalue weighted by Gasteiger charge is 2.01. The zero-order valence-electron chi connectivity index (χ0n) is 9.57. The molecule has 0 aliphatic carbocycles. The SMILES string of the molecule is Clc1ccccc1NCCSc1ncccc1Br. The van der Waals surface area contributed by atoms with Crippen molar-refractivity contribution in [3.63, 3.8) is 0 Å². The fourth-order valence-electron chi connectivity index (χ4n) is 1.42. The minimum absolute atomic E-state index is 0.751. The molecule has 0 saturated heterocycles. The first-order chi connectivity index (χ1) is 8.77. The van der Waals surface area contributed by atoms with Gasteiger partial charge < -0.3 is 5.32 Å². The second kappa shape index (κ2) is 7.02. The van der Waals surface area contributed by atoms with E-state index in [1.807, 2.05) is 36.4 Å². The van der Waals surface area contributed by atoms with Gasteiger partial charge in [-0.2, -0.15) is 0 Å². The highest BCUT2D eigenvalue weighted by atomic mass is 79.9. The van der Waals surface area contributed by atoms with Gasteiger partial charge in [0.25, 0.3) is 0 Å². The van der Waals surface area contributed by atoms with Gasteiger partial charge >= 0.3 is 0 Å². The quantitative estimate of drug-likeness (QED) is 0.629. The van der Waals surface area contributed by atoms with Gasteiger partial charge in [-0.1, -0.05) is 23.7 Å². The lowest BCUT2D eigenvalue weighted by molar-refractivity contribution is 1.10. The Kier molecular flexibility index (Phi) is 5.35. The van der Waals surface area contributed by atoms with Crippen molar-refractivity contribution in [1.29, 1.82) is 0 Å². The smallest absolute Gasteiger partial charge is 0.110 e. The predicted molar refractivity (Wildman–Crippen MR) is 82.6 cm³/mol. The highest BCUT2D eigenvalue weighted by molar-refractivity contribution is 9.10. The average molecular weight is 344 g/mol. The summed E-state index contributed by atoms with van der Waals surface area (Å²) in [4.78, 5) is 4.30. The van der Waals surface area contributed by atoms with E-state index in [0.29, 0.717) is 0 Å². The molecule has 1 aromatic heterocycles. The molecule has 0 unspecified atom stereocenters. The Bertz CT molecular complexity index is 474. The Morgan fingerprint density at radius 1 is 1.22 bits per heavy atom. The lowest BCUT2D eigenvalue weighted by Gasteiger charge is -2.08. The van der Waals surface area contributed by atoms with Crippen LogP contribution < -0.4 is 5.32 Å². The first-order valence-corrected chi connectivity index (χ1v) is 7.65. The summed E-state index contributed by atoms with van der Waals surface area (Å²) >= 11 is 11.2. The molecule has 0 fully saturated rings. The molecule has 18 heavy (non-hydrogen) atoms. The molecule has 0 aliphatic rings. The largest absolute Gasteiger partial charge is 0.383 e. The summed E-state index contributed by atoms with van der Waals surface area (Å²) < 4.78 is 1.03. The van der Waals surface area contributed by atoms with Crippen LogP contribution in [0.2, 0.25) is 5.02 Å². The highest BCUT2D eigenvalue weighted by Crippen LogP contribution is 2.25. The van der Waals surface area contributed by atoms with E-state index >= 15 is 0 Å². The van der Waals surface area contributed by atoms with Gasteiger partial charge in [-0.25, -0.2) is 4.98 Å². The zero-order chi connectivity index (χ0) is 12.8. The number of pyridine rings is 1. The Morgan fingerprint density at radius 2 is 2.06 bits per heavy atom. The molecule has 0 amide bonds. The number of anilines is 1. The maximum absolute atomic E-state index is 6.06. The van der Waals surface area contributed by atoms with Gasteiger partial charge in [0.15, 0.2) is 0 Å². The van der Waals surface area contributed by atoms with E-state index in [0.717, 1.165) is 32.5 Å². The molecule has 2 nitrogen and oxygen atoms in total. The number of nitrogens with zero attached hydrogens (tertiary/aromatic N) is 1. The van der Waals surface area contributed by atoms with Crippen LogP contribution in [0.15, 0.2) is 52.1 Å². The van der Waals surface area contributed by atoms with Crippen LogP contribution in [0.25, 0.3) is 0 Å². The van der Waals surface area contributed by atoms with Crippen LogP contribution in [0.4, 0.5) is 5.69 Å². The Balaban J connectivity index is 1.80. The lowest BCUT2D eigenvalue weighted by atomic mass is 10.3. The van der Waals surface area contributed by atoms with E-state index < -0.39 is 0 Å². The van der Waals surface area contributed by atoms with Crippen LogP contribution in [-0.4, -0.2) is 17.3 Å². The second-order valence-corrected chi connectivity index (χ2v) is 5.89. The number of benzene rings is 1. The summed E-state index contributed by atoms with van der Waals surface area (Å²) in [6, 6.07) is 11.7. The van der Waals surface area contributed by atoms with Crippen LogP contribution in [0.1, 0.15) is 0 Å². The van der Waals surface area contributed by atoms with Gasteiger partial charge in [0.05, 0.1) is 10.7 Å². The summed E-state index contributed by atoms with van der Waals surface area (Å²) in [5, 5.41) is 5.07. The van der Waals surface area contributed by atoms with E-state index in [1.54, 1.807) is 18.0 Å². The third-order valence-electron chi connectivity index (χ3n) is 2.25. The molecule has 94 valence electrons. The molecule has 2 rings (SSSR count). The van der Waals surface area contributed by atoms with Gasteiger partial charge in [-0.05, 0) is 40.2 Å². The number of rotatable bonds is 5. The predicted octanol–water partition coefficient (Wildman–Crippen LogP) is 4.70. The molecule has 1 heterocycles. The molecule has 0 atom stereocenters. The van der Waals surface area contributed by atoms with Gasteiger partial charge in [-0.15, -0.1) is 11.8 Å². The van der Waals surface area contributed by atoms with Crippen molar-refractivity contribution >= 4 is 45.0 Å². The standard InChI is InChI=1S/C13H12BrClN2S/c14-10-4-3-7-17-13(10)18-9-8-16-12-6-2-1-5-11(12)15/h1-7,16H,8-9H2. The molecule has 0 bridgehead atoms. The Labute approximate surface area is 124 Å². The molecule has 1 aromatic carbocycles. The number of hydrogen-bond acceptors (Lipinski definition) is 3. The number of halogens is 2. The summed E-state index contributed by atoms with van der Waals surface area (Å²) in [5.74, 6) is 0.931. The van der Waals surface area contributed by atoms with Gasteiger partial charge in [-0.3, -0.25) is 0 Å². The molecular formula is C13H12BrClN2S. The molecule has 5 heteroatoms. The van der Waals surface area contributed by atoms with Crippen molar-refractivity contribution in [2.24, 2.45) is 0 Å². The van der Waals surface area contributed by atoms with Crippen LogP contribution in [-0.2, 0) is 0 Å². The van der Waals surface area contributed by atoms with Gasteiger partial charge in [0, 0.05) is 23.0 Å². The topological polar surface area (TPSA) is 24.9 Å². The van der Waals surface area contributed by atoms with Crippen molar-refractivity contribution in [2.45, 2.75) is 5.03 Å². The van der Waals surface area contributed by atoms with E-state index in [-0.39, 0.29) is 0 Å². The van der Waals surface area contributed by atoms with Crippen molar-refractivity contribution in [3.05, 3.63) is 52.1 Å². The fourth-order valence-corrected chi connectivity index (χ4v) is 2.96. The molecule has 1 N–H and O–H groups in total. The van der Waals surface area contributed by atoms with Crippen LogP contribution in [0, 0.1) is 0 Å². The minimum Gasteiger partial charge on any atom is -0.383 e. The van der Waals surface area contributed by atoms with Crippen molar-refractivity contribution < 1.29 is 0 Å². The van der Waals surface area contributed by atoms with E-state index in [2.05, 4.69) is 26.2 Å². The molecule has 2 aromatic rings. The molecular weight excluding hydrogens is 332 g/mol. The summed E-state index contributed by atoms with van der Waals surface area (Å²) in [5.41, 5.74) is 0.972. The Hall–Kier alpha value is -0.710. The molecule has 0 saturated carbocycles. The first kappa shape index (κ1) is 13.7. The summed E-state index contributed by atoms with van der Waals surface area (Å²) in [6.45, 7) is 0.845. The number of thioether (sulfide) groups is 1. The molecule has 0 aliphatic heterocycles. The number of hydrogen-bond donors (Lipinski definition) is 1. The fraction of sp³-hybridized carbons (Fsp3) is 0.154. The average Bonchev–Trinajstić information content (AvgIpc) is 2.38. The monoisotopic (exact) mass is 342 g/mol. The summed E-state index contributed by atoms with van der Waals surface area (Å²) in [6.07, 6.45) is 1.80. The van der Waals surface area contributed by atoms with Crippen molar-refractivity contribution in [1.82, 2.24) is 4.98 Å². The van der Waals surface area contributed by atoms with Crippen molar-refractivity contribution in [3.8, 4) is 0 Å². The lowest BCUT2D eigenvalue weighted by Crippen LogP contribution is -2.04. The van der Waals surface area contributed by atoms with E-state index in [9.17, 15) is 0 Å². The van der Waals surface area contributed by atoms with E-state index in [4.69, 9.17) is 11.6 Å². The van der Waals surface area contributed by atoms with Gasteiger partial charge in [0.2, 0.25) is 0 Å². The Morgan fingerprint density at radius 3 is 2.83 bits per heavy atom. The number of para-hydroxylation sites is 1. The van der Waals surface area contributed by atoms with Crippen LogP contribution in [0.5, 0.6) is 0 Å². The van der Waals surface area contributed by atoms with Crippen LogP contribution in [0.3, 0.4) is 0 Å². The number of aromatic nitrogens is 1. The maximum atomic E-state index is 6.06. The zero-order valence-corrected chi connectivity index (χ0v) is 12.7. The van der Waals surface area contributed by atoms with Crippen LogP contribution >= 0.6 is 39.3 Å². The van der Waals surface area contributed by atoms with Gasteiger partial charge in [0.1, 0.15) is 5.03 Å². The normalized spacial score (nSPS) is 10.3. The summed E-state index contributed by atoms with van der Waals surface area (Å²) in [7, 11) is 0. The second-order valence-electron chi connectivity index (χ2n) is 3.55. The molecule has 0 radical (unpaired) electrons. The molecule has 0 spiro atoms.